The fourth-order valence-corrected chi connectivity index (χ4v) is 1.69. The van der Waals surface area contributed by atoms with Crippen LogP contribution in [0.15, 0.2) is 27.8 Å². The van der Waals surface area contributed by atoms with Gasteiger partial charge in [-0.3, -0.25) is 0 Å². The maximum Gasteiger partial charge on any atom is 0.0867 e. The maximum atomic E-state index is 9.04. The van der Waals surface area contributed by atoms with E-state index in [2.05, 4.69) is 26.0 Å². The minimum Gasteiger partial charge on any atom is -0.396 e. The van der Waals surface area contributed by atoms with E-state index in [1.807, 2.05) is 25.1 Å². The van der Waals surface area contributed by atoms with Gasteiger partial charge in [-0.25, -0.2) is 0 Å². The van der Waals surface area contributed by atoms with Gasteiger partial charge in [-0.15, -0.1) is 0 Å². The fourth-order valence-electron chi connectivity index (χ4n) is 1.18. The Hall–Kier alpha value is -1.03. The molecule has 0 aliphatic carbocycles. The molecule has 0 fully saturated rings. The first-order valence-electron chi connectivity index (χ1n) is 4.10. The first-order valence-corrected chi connectivity index (χ1v) is 4.89. The smallest absolute Gasteiger partial charge is 0.0867 e. The van der Waals surface area contributed by atoms with Crippen LogP contribution in [-0.2, 0) is 0 Å². The van der Waals surface area contributed by atoms with Gasteiger partial charge in [-0.2, -0.15) is 0 Å². The van der Waals surface area contributed by atoms with E-state index in [-0.39, 0.29) is 6.61 Å². The molecule has 0 aliphatic heterocycles. The lowest BCUT2D eigenvalue weighted by Crippen LogP contribution is -2.01. The van der Waals surface area contributed by atoms with Crippen LogP contribution in [0.4, 0.5) is 0 Å². The quantitative estimate of drug-likeness (QED) is 0.503. The van der Waals surface area contributed by atoms with Crippen molar-refractivity contribution in [2.45, 2.75) is 13.0 Å². The van der Waals surface area contributed by atoms with Gasteiger partial charge in [0.2, 0.25) is 0 Å². The monoisotopic (exact) mass is 255 g/mol. The van der Waals surface area contributed by atoms with Crippen LogP contribution in [0.5, 0.6) is 0 Å². The number of aryl methyl sites for hydroxylation is 1. The van der Waals surface area contributed by atoms with Gasteiger partial charge in [-0.05, 0) is 24.1 Å². The highest BCUT2D eigenvalue weighted by molar-refractivity contribution is 9.10. The molecule has 5 heteroatoms. The van der Waals surface area contributed by atoms with E-state index >= 15 is 0 Å². The molecule has 4 nitrogen and oxygen atoms in total. The normalized spacial score (nSPS) is 11.9. The van der Waals surface area contributed by atoms with Crippen molar-refractivity contribution >= 4 is 15.9 Å². The molecule has 1 atom stereocenters. The van der Waals surface area contributed by atoms with E-state index < -0.39 is 6.04 Å². The Morgan fingerprint density at radius 3 is 2.93 bits per heavy atom. The molecule has 0 amide bonds. The second-order valence-corrected chi connectivity index (χ2v) is 3.78. The summed E-state index contributed by atoms with van der Waals surface area (Å²) in [7, 11) is 0. The summed E-state index contributed by atoms with van der Waals surface area (Å²) in [5.41, 5.74) is 10.2. The number of benzene rings is 1. The predicted octanol–water partition coefficient (Wildman–Crippen LogP) is 3.10. The van der Waals surface area contributed by atoms with Crippen LogP contribution < -0.4 is 0 Å². The topological polar surface area (TPSA) is 69.0 Å². The fraction of sp³-hybridized carbons (Fsp3) is 0.333. The van der Waals surface area contributed by atoms with Crippen molar-refractivity contribution < 1.29 is 5.11 Å². The number of aliphatic hydroxyl groups is 1. The molecule has 0 radical (unpaired) electrons. The zero-order chi connectivity index (χ0) is 10.6. The molecule has 0 aromatic heterocycles. The predicted molar refractivity (Wildman–Crippen MR) is 57.9 cm³/mol. The standard InChI is InChI=1S/C9H10BrN3O/c1-6-2-3-8(10)7(4-6)9(5-14)12-13-11/h2-4,9,14H,5H2,1H3. The third-order valence-electron chi connectivity index (χ3n) is 1.87. The lowest BCUT2D eigenvalue weighted by Gasteiger charge is -2.10. The van der Waals surface area contributed by atoms with Crippen molar-refractivity contribution in [3.05, 3.63) is 44.2 Å². The molecule has 1 aromatic carbocycles. The molecule has 1 rings (SSSR count). The molecular formula is C9H10BrN3O. The van der Waals surface area contributed by atoms with Crippen molar-refractivity contribution in [3.8, 4) is 0 Å². The summed E-state index contributed by atoms with van der Waals surface area (Å²) in [5.74, 6) is 0. The van der Waals surface area contributed by atoms with Crippen molar-refractivity contribution in [3.63, 3.8) is 0 Å². The van der Waals surface area contributed by atoms with Gasteiger partial charge in [-0.1, -0.05) is 38.7 Å². The van der Waals surface area contributed by atoms with E-state index in [9.17, 15) is 0 Å². The third-order valence-corrected chi connectivity index (χ3v) is 2.60. The summed E-state index contributed by atoms with van der Waals surface area (Å²) in [6, 6.07) is 5.19. The van der Waals surface area contributed by atoms with Gasteiger partial charge in [0.15, 0.2) is 0 Å². The van der Waals surface area contributed by atoms with Crippen LogP contribution in [0, 0.1) is 6.92 Å². The molecule has 0 spiro atoms. The number of nitrogens with zero attached hydrogens (tertiary/aromatic N) is 3. The first kappa shape index (κ1) is 11.0. The number of halogens is 1. The van der Waals surface area contributed by atoms with Crippen LogP contribution in [0.1, 0.15) is 17.2 Å². The Balaban J connectivity index is 3.14. The molecular weight excluding hydrogens is 246 g/mol. The number of rotatable bonds is 3. The summed E-state index contributed by atoms with van der Waals surface area (Å²) >= 11 is 3.35. The number of aliphatic hydroxyl groups excluding tert-OH is 1. The van der Waals surface area contributed by atoms with Crippen molar-refractivity contribution in [1.29, 1.82) is 0 Å². The molecule has 0 bridgehead atoms. The summed E-state index contributed by atoms with van der Waals surface area (Å²) in [5, 5.41) is 12.6. The Morgan fingerprint density at radius 2 is 2.36 bits per heavy atom. The van der Waals surface area contributed by atoms with Gasteiger partial charge in [0.25, 0.3) is 0 Å². The van der Waals surface area contributed by atoms with E-state index in [1.54, 1.807) is 0 Å². The highest BCUT2D eigenvalue weighted by Crippen LogP contribution is 2.26. The molecule has 0 aliphatic rings. The highest BCUT2D eigenvalue weighted by Gasteiger charge is 2.11. The number of hydrogen-bond donors (Lipinski definition) is 1. The van der Waals surface area contributed by atoms with Gasteiger partial charge >= 0.3 is 0 Å². The largest absolute Gasteiger partial charge is 0.396 e. The first-order chi connectivity index (χ1) is 6.69. The van der Waals surface area contributed by atoms with E-state index in [4.69, 9.17) is 10.6 Å². The van der Waals surface area contributed by atoms with Gasteiger partial charge in [0.1, 0.15) is 0 Å². The lowest BCUT2D eigenvalue weighted by molar-refractivity contribution is 0.267. The van der Waals surface area contributed by atoms with Crippen molar-refractivity contribution in [1.82, 2.24) is 0 Å². The Morgan fingerprint density at radius 1 is 1.64 bits per heavy atom. The van der Waals surface area contributed by atoms with E-state index in [0.29, 0.717) is 0 Å². The second kappa shape index (κ2) is 5.00. The van der Waals surface area contributed by atoms with Crippen molar-refractivity contribution in [2.24, 2.45) is 5.11 Å². The zero-order valence-electron chi connectivity index (χ0n) is 7.68. The molecule has 74 valence electrons. The highest BCUT2D eigenvalue weighted by atomic mass is 79.9. The average Bonchev–Trinajstić information content (AvgIpc) is 2.18. The van der Waals surface area contributed by atoms with E-state index in [1.165, 1.54) is 0 Å². The van der Waals surface area contributed by atoms with Crippen LogP contribution in [0.2, 0.25) is 0 Å². The van der Waals surface area contributed by atoms with Gasteiger partial charge in [0.05, 0.1) is 12.6 Å². The molecule has 14 heavy (non-hydrogen) atoms. The summed E-state index contributed by atoms with van der Waals surface area (Å²) in [6.07, 6.45) is 0. The van der Waals surface area contributed by atoms with Crippen LogP contribution in [0.25, 0.3) is 10.4 Å². The molecule has 1 N–H and O–H groups in total. The van der Waals surface area contributed by atoms with Crippen LogP contribution in [-0.4, -0.2) is 11.7 Å². The van der Waals surface area contributed by atoms with Crippen LogP contribution in [0.3, 0.4) is 0 Å². The minimum atomic E-state index is -0.519. The van der Waals surface area contributed by atoms with Gasteiger partial charge < -0.3 is 5.11 Å². The number of azide groups is 1. The molecule has 1 aromatic rings. The molecule has 0 saturated carbocycles. The average molecular weight is 256 g/mol. The molecule has 1 unspecified atom stereocenters. The van der Waals surface area contributed by atoms with Crippen LogP contribution >= 0.6 is 15.9 Å². The number of hydrogen-bond acceptors (Lipinski definition) is 2. The Kier molecular flexibility index (Phi) is 3.95. The van der Waals surface area contributed by atoms with Crippen molar-refractivity contribution in [2.75, 3.05) is 6.61 Å². The van der Waals surface area contributed by atoms with Gasteiger partial charge in [0, 0.05) is 9.38 Å². The zero-order valence-corrected chi connectivity index (χ0v) is 9.27. The lowest BCUT2D eigenvalue weighted by atomic mass is 10.1. The SMILES string of the molecule is Cc1ccc(Br)c(C(CO)N=[N+]=[N-])c1. The Labute approximate surface area is 90.3 Å². The summed E-state index contributed by atoms with van der Waals surface area (Å²) < 4.78 is 0.842. The van der Waals surface area contributed by atoms with E-state index in [0.717, 1.165) is 15.6 Å². The molecule has 0 heterocycles. The summed E-state index contributed by atoms with van der Waals surface area (Å²) in [6.45, 7) is 1.76. The molecule has 0 saturated heterocycles. The maximum absolute atomic E-state index is 9.04. The Bertz CT molecular complexity index is 374. The minimum absolute atomic E-state index is 0.188. The third kappa shape index (κ3) is 2.48. The summed E-state index contributed by atoms with van der Waals surface area (Å²) in [4.78, 5) is 2.70. The second-order valence-electron chi connectivity index (χ2n) is 2.93.